The van der Waals surface area contributed by atoms with Gasteiger partial charge in [-0.1, -0.05) is 4.85 Å². The Morgan fingerprint density at radius 3 is 2.82 bits per heavy atom. The van der Waals surface area contributed by atoms with Crippen molar-refractivity contribution < 1.29 is 19.3 Å². The highest BCUT2D eigenvalue weighted by molar-refractivity contribution is 5.67. The fourth-order valence-electron chi connectivity index (χ4n) is 1.32. The van der Waals surface area contributed by atoms with Crippen molar-refractivity contribution in [2.75, 3.05) is 26.3 Å². The molecule has 92 valence electrons. The summed E-state index contributed by atoms with van der Waals surface area (Å²) >= 11 is 0. The quantitative estimate of drug-likeness (QED) is 0.520. The first-order chi connectivity index (χ1) is 8.16. The average Bonchev–Trinajstić information content (AvgIpc) is 2.79. The lowest BCUT2D eigenvalue weighted by Gasteiger charge is -2.25. The minimum Gasteiger partial charge on any atom is -0.378 e. The van der Waals surface area contributed by atoms with Gasteiger partial charge in [-0.3, -0.25) is 15.0 Å². The van der Waals surface area contributed by atoms with Gasteiger partial charge in [0.15, 0.2) is 0 Å². The van der Waals surface area contributed by atoms with Gasteiger partial charge in [-0.15, -0.1) is 5.10 Å². The fourth-order valence-corrected chi connectivity index (χ4v) is 1.32. The predicted molar refractivity (Wildman–Crippen MR) is 53.2 cm³/mol. The zero-order valence-corrected chi connectivity index (χ0v) is 8.81. The molecule has 1 fully saturated rings. The highest BCUT2D eigenvalue weighted by Gasteiger charge is 2.20. The number of morpholine rings is 1. The average molecular weight is 242 g/mol. The summed E-state index contributed by atoms with van der Waals surface area (Å²) in [6.07, 6.45) is 1.43. The van der Waals surface area contributed by atoms with Crippen molar-refractivity contribution in [3.8, 4) is 0 Å². The Hall–Kier alpha value is -2.16. The van der Waals surface area contributed by atoms with Crippen molar-refractivity contribution in [1.82, 2.24) is 14.8 Å². The first-order valence-electron chi connectivity index (χ1n) is 4.91. The molecule has 0 atom stereocenters. The van der Waals surface area contributed by atoms with Crippen LogP contribution in [-0.4, -0.2) is 52.2 Å². The molecule has 9 nitrogen and oxygen atoms in total. The molecule has 0 N–H and O–H groups in total. The van der Waals surface area contributed by atoms with E-state index >= 15 is 0 Å². The number of aromatic nitrogens is 2. The first kappa shape index (κ1) is 11.3. The lowest BCUT2D eigenvalue weighted by molar-refractivity contribution is -0.385. The molecule has 1 aliphatic rings. The fraction of sp³-hybridized carbons (Fsp3) is 0.500. The van der Waals surface area contributed by atoms with Gasteiger partial charge >= 0.3 is 11.8 Å². The zero-order valence-electron chi connectivity index (χ0n) is 8.81. The van der Waals surface area contributed by atoms with Crippen LogP contribution in [0.3, 0.4) is 0 Å². The van der Waals surface area contributed by atoms with Crippen LogP contribution in [0.15, 0.2) is 12.4 Å². The largest absolute Gasteiger partial charge is 0.436 e. The Morgan fingerprint density at radius 1 is 1.53 bits per heavy atom. The standard InChI is InChI=1S/C8H10N4O5/c13-8(10-1-3-16-4-2-10)17-11-6-7(5-9-11)12(14)15/h5-6H,1-4H2. The van der Waals surface area contributed by atoms with Crippen LogP contribution >= 0.6 is 0 Å². The Morgan fingerprint density at radius 2 is 2.24 bits per heavy atom. The van der Waals surface area contributed by atoms with Crippen molar-refractivity contribution in [1.29, 1.82) is 0 Å². The summed E-state index contributed by atoms with van der Waals surface area (Å²) in [6.45, 7) is 1.77. The highest BCUT2D eigenvalue weighted by atomic mass is 16.7. The third kappa shape index (κ3) is 2.69. The maximum atomic E-state index is 11.6. The smallest absolute Gasteiger partial charge is 0.378 e. The second kappa shape index (κ2) is 4.78. The SMILES string of the molecule is O=C(On1cc([N+](=O)[O-])cn1)N1CCOCC1. The summed E-state index contributed by atoms with van der Waals surface area (Å²) in [5.74, 6) is 0. The predicted octanol–water partition coefficient (Wildman–Crippen LogP) is -0.328. The van der Waals surface area contributed by atoms with Gasteiger partial charge in [-0.05, 0) is 0 Å². The van der Waals surface area contributed by atoms with Gasteiger partial charge in [-0.2, -0.15) is 0 Å². The van der Waals surface area contributed by atoms with Crippen LogP contribution in [0.1, 0.15) is 0 Å². The highest BCUT2D eigenvalue weighted by Crippen LogP contribution is 2.07. The lowest BCUT2D eigenvalue weighted by Crippen LogP contribution is -2.44. The molecule has 0 aromatic carbocycles. The maximum Gasteiger partial charge on any atom is 0.436 e. The molecule has 17 heavy (non-hydrogen) atoms. The molecule has 0 saturated carbocycles. The van der Waals surface area contributed by atoms with E-state index in [4.69, 9.17) is 9.57 Å². The maximum absolute atomic E-state index is 11.6. The molecule has 9 heteroatoms. The normalized spacial score (nSPS) is 15.6. The second-order valence-corrected chi connectivity index (χ2v) is 3.31. The van der Waals surface area contributed by atoms with Gasteiger partial charge in [0, 0.05) is 13.1 Å². The van der Waals surface area contributed by atoms with E-state index in [2.05, 4.69) is 5.10 Å². The Balaban J connectivity index is 1.94. The van der Waals surface area contributed by atoms with Crippen molar-refractivity contribution in [3.05, 3.63) is 22.5 Å². The van der Waals surface area contributed by atoms with Crippen LogP contribution in [0.2, 0.25) is 0 Å². The number of carbonyl (C=O) groups excluding carboxylic acids is 1. The molecular formula is C8H10N4O5. The van der Waals surface area contributed by atoms with Crippen LogP contribution in [0, 0.1) is 10.1 Å². The van der Waals surface area contributed by atoms with Gasteiger partial charge in [-0.25, -0.2) is 4.79 Å². The Bertz CT molecular complexity index is 425. The summed E-state index contributed by atoms with van der Waals surface area (Å²) in [4.78, 5) is 28.4. The molecule has 1 aromatic heterocycles. The molecule has 1 amide bonds. The molecular weight excluding hydrogens is 232 g/mol. The van der Waals surface area contributed by atoms with Crippen LogP contribution in [0.5, 0.6) is 0 Å². The summed E-state index contributed by atoms with van der Waals surface area (Å²) in [5.41, 5.74) is -0.236. The molecule has 0 unspecified atom stereocenters. The van der Waals surface area contributed by atoms with Gasteiger partial charge < -0.3 is 9.64 Å². The summed E-state index contributed by atoms with van der Waals surface area (Å²) in [6, 6.07) is 0. The van der Waals surface area contributed by atoms with Crippen molar-refractivity contribution in [2.45, 2.75) is 0 Å². The lowest BCUT2D eigenvalue weighted by atomic mass is 10.5. The van der Waals surface area contributed by atoms with E-state index in [9.17, 15) is 14.9 Å². The Labute approximate surface area is 95.6 Å². The topological polar surface area (TPSA) is 99.7 Å². The monoisotopic (exact) mass is 242 g/mol. The van der Waals surface area contributed by atoms with Gasteiger partial charge in [0.05, 0.1) is 18.1 Å². The van der Waals surface area contributed by atoms with E-state index < -0.39 is 11.0 Å². The molecule has 0 radical (unpaired) electrons. The van der Waals surface area contributed by atoms with E-state index in [-0.39, 0.29) is 5.69 Å². The summed E-state index contributed by atoms with van der Waals surface area (Å²) < 4.78 is 5.07. The number of nitrogens with zero attached hydrogens (tertiary/aromatic N) is 4. The number of amides is 1. The summed E-state index contributed by atoms with van der Waals surface area (Å²) in [7, 11) is 0. The van der Waals surface area contributed by atoms with Gasteiger partial charge in [0.25, 0.3) is 0 Å². The minimum atomic E-state index is -0.619. The number of rotatable bonds is 2. The minimum absolute atomic E-state index is 0.236. The number of ether oxygens (including phenoxy) is 1. The third-order valence-corrected chi connectivity index (χ3v) is 2.20. The van der Waals surface area contributed by atoms with Crippen LogP contribution in [0.4, 0.5) is 10.5 Å². The molecule has 0 spiro atoms. The van der Waals surface area contributed by atoms with E-state index in [1.54, 1.807) is 0 Å². The zero-order chi connectivity index (χ0) is 12.3. The number of carbonyl (C=O) groups is 1. The molecule has 2 rings (SSSR count). The molecule has 0 bridgehead atoms. The molecule has 2 heterocycles. The van der Waals surface area contributed by atoms with Crippen LogP contribution in [0.25, 0.3) is 0 Å². The van der Waals surface area contributed by atoms with E-state index in [0.29, 0.717) is 26.3 Å². The van der Waals surface area contributed by atoms with Crippen molar-refractivity contribution in [2.24, 2.45) is 0 Å². The van der Waals surface area contributed by atoms with Crippen molar-refractivity contribution in [3.63, 3.8) is 0 Å². The first-order valence-corrected chi connectivity index (χ1v) is 4.91. The molecule has 1 aromatic rings. The van der Waals surface area contributed by atoms with E-state index in [0.717, 1.165) is 17.2 Å². The number of hydrogen-bond acceptors (Lipinski definition) is 6. The van der Waals surface area contributed by atoms with Crippen LogP contribution < -0.4 is 4.84 Å². The van der Waals surface area contributed by atoms with Crippen molar-refractivity contribution >= 4 is 11.8 Å². The molecule has 0 aliphatic carbocycles. The Kier molecular flexibility index (Phi) is 3.19. The summed E-state index contributed by atoms with van der Waals surface area (Å²) in [5, 5.41) is 13.9. The van der Waals surface area contributed by atoms with E-state index in [1.165, 1.54) is 4.90 Å². The number of hydrogen-bond donors (Lipinski definition) is 0. The second-order valence-electron chi connectivity index (χ2n) is 3.31. The molecule has 1 saturated heterocycles. The van der Waals surface area contributed by atoms with Crippen LogP contribution in [-0.2, 0) is 4.74 Å². The van der Waals surface area contributed by atoms with Gasteiger partial charge in [0.2, 0.25) is 0 Å². The van der Waals surface area contributed by atoms with Gasteiger partial charge in [0.1, 0.15) is 12.4 Å². The number of nitro groups is 1. The third-order valence-electron chi connectivity index (χ3n) is 2.20. The molecule has 1 aliphatic heterocycles. The van der Waals surface area contributed by atoms with E-state index in [1.807, 2.05) is 0 Å².